The first kappa shape index (κ1) is 17.8. The van der Waals surface area contributed by atoms with E-state index in [9.17, 15) is 4.79 Å². The summed E-state index contributed by atoms with van der Waals surface area (Å²) in [5, 5.41) is 10.5. The minimum atomic E-state index is 0.0282. The van der Waals surface area contributed by atoms with Crippen LogP contribution in [0.2, 0.25) is 0 Å². The standard InChI is InChI=1S/C17H30N4O2/c1-12(9-11-23-4)18-17(22)21-10-7-5-6-8-15(21)16-13(2)19-20-14(16)3/h12,15H,5-11H2,1-4H3,(H,18,22)(H,19,20)/t12-,15+/m0/s1. The Morgan fingerprint density at radius 1 is 1.43 bits per heavy atom. The molecule has 2 amide bonds. The molecule has 6 nitrogen and oxygen atoms in total. The van der Waals surface area contributed by atoms with E-state index in [1.807, 2.05) is 25.7 Å². The molecule has 1 aliphatic rings. The van der Waals surface area contributed by atoms with Crippen molar-refractivity contribution in [1.29, 1.82) is 0 Å². The van der Waals surface area contributed by atoms with Crippen molar-refractivity contribution in [3.05, 3.63) is 17.0 Å². The van der Waals surface area contributed by atoms with E-state index >= 15 is 0 Å². The molecule has 23 heavy (non-hydrogen) atoms. The molecule has 2 N–H and O–H groups in total. The number of hydrogen-bond donors (Lipinski definition) is 2. The first-order valence-electron chi connectivity index (χ1n) is 8.62. The molecular formula is C17H30N4O2. The van der Waals surface area contributed by atoms with Crippen molar-refractivity contribution >= 4 is 6.03 Å². The number of methoxy groups -OCH3 is 1. The Labute approximate surface area is 139 Å². The number of carbonyl (C=O) groups excluding carboxylic acids is 1. The molecule has 0 radical (unpaired) electrons. The molecule has 1 saturated heterocycles. The van der Waals surface area contributed by atoms with Gasteiger partial charge in [0, 0.05) is 37.6 Å². The van der Waals surface area contributed by atoms with Gasteiger partial charge in [-0.3, -0.25) is 5.10 Å². The molecule has 1 aromatic heterocycles. The van der Waals surface area contributed by atoms with Crippen molar-refractivity contribution in [3.63, 3.8) is 0 Å². The van der Waals surface area contributed by atoms with E-state index in [1.165, 1.54) is 12.0 Å². The fraction of sp³-hybridized carbons (Fsp3) is 0.765. The molecule has 1 aliphatic heterocycles. The summed E-state index contributed by atoms with van der Waals surface area (Å²) in [4.78, 5) is 14.8. The molecule has 2 atom stereocenters. The Morgan fingerprint density at radius 2 is 2.22 bits per heavy atom. The molecule has 1 aromatic rings. The molecule has 0 aromatic carbocycles. The lowest BCUT2D eigenvalue weighted by atomic mass is 9.99. The summed E-state index contributed by atoms with van der Waals surface area (Å²) >= 11 is 0. The second kappa shape index (κ2) is 8.34. The zero-order chi connectivity index (χ0) is 16.8. The lowest BCUT2D eigenvalue weighted by molar-refractivity contribution is 0.162. The first-order chi connectivity index (χ1) is 11.0. The van der Waals surface area contributed by atoms with Crippen LogP contribution < -0.4 is 5.32 Å². The maximum absolute atomic E-state index is 12.8. The number of carbonyl (C=O) groups is 1. The maximum atomic E-state index is 12.8. The van der Waals surface area contributed by atoms with E-state index in [4.69, 9.17) is 4.74 Å². The molecule has 2 rings (SSSR count). The monoisotopic (exact) mass is 322 g/mol. The van der Waals surface area contributed by atoms with Crippen LogP contribution in [-0.2, 0) is 4.74 Å². The van der Waals surface area contributed by atoms with Crippen molar-refractivity contribution in [1.82, 2.24) is 20.4 Å². The zero-order valence-corrected chi connectivity index (χ0v) is 14.8. The number of nitrogens with zero attached hydrogens (tertiary/aromatic N) is 2. The van der Waals surface area contributed by atoms with E-state index in [2.05, 4.69) is 15.5 Å². The van der Waals surface area contributed by atoms with Crippen LogP contribution >= 0.6 is 0 Å². The van der Waals surface area contributed by atoms with Crippen LogP contribution in [-0.4, -0.2) is 47.4 Å². The lowest BCUT2D eigenvalue weighted by Gasteiger charge is -2.32. The number of ether oxygens (including phenoxy) is 1. The van der Waals surface area contributed by atoms with E-state index < -0.39 is 0 Å². The molecule has 6 heteroatoms. The van der Waals surface area contributed by atoms with Gasteiger partial charge in [0.1, 0.15) is 0 Å². The SMILES string of the molecule is COCC[C@H](C)NC(=O)N1CCCCC[C@@H]1c1c(C)n[nH]c1C. The largest absolute Gasteiger partial charge is 0.385 e. The number of aryl methyl sites for hydroxylation is 2. The molecule has 1 fully saturated rings. The molecular weight excluding hydrogens is 292 g/mol. The molecule has 0 aliphatic carbocycles. The second-order valence-electron chi connectivity index (χ2n) is 6.54. The molecule has 0 bridgehead atoms. The molecule has 130 valence electrons. The summed E-state index contributed by atoms with van der Waals surface area (Å²) in [6.07, 6.45) is 5.21. The predicted octanol–water partition coefficient (Wildman–Crippen LogP) is 3.08. The Kier molecular flexibility index (Phi) is 6.45. The van der Waals surface area contributed by atoms with Crippen molar-refractivity contribution in [2.24, 2.45) is 0 Å². The summed E-state index contributed by atoms with van der Waals surface area (Å²) in [5.41, 5.74) is 3.26. The lowest BCUT2D eigenvalue weighted by Crippen LogP contribution is -2.46. The summed E-state index contributed by atoms with van der Waals surface area (Å²) in [6.45, 7) is 7.54. The summed E-state index contributed by atoms with van der Waals surface area (Å²) < 4.78 is 5.09. The van der Waals surface area contributed by atoms with E-state index in [-0.39, 0.29) is 18.1 Å². The van der Waals surface area contributed by atoms with Crippen LogP contribution in [0.1, 0.15) is 62.0 Å². The smallest absolute Gasteiger partial charge is 0.318 e. The maximum Gasteiger partial charge on any atom is 0.318 e. The molecule has 0 spiro atoms. The molecule has 0 unspecified atom stereocenters. The van der Waals surface area contributed by atoms with Crippen molar-refractivity contribution in [2.75, 3.05) is 20.3 Å². The number of amides is 2. The van der Waals surface area contributed by atoms with E-state index in [0.717, 1.165) is 43.6 Å². The summed E-state index contributed by atoms with van der Waals surface area (Å²) in [7, 11) is 1.68. The van der Waals surface area contributed by atoms with E-state index in [0.29, 0.717) is 6.61 Å². The van der Waals surface area contributed by atoms with Gasteiger partial charge >= 0.3 is 6.03 Å². The Balaban J connectivity index is 2.13. The van der Waals surface area contributed by atoms with Gasteiger partial charge in [0.05, 0.1) is 11.7 Å². The number of nitrogens with one attached hydrogen (secondary N) is 2. The van der Waals surface area contributed by atoms with Gasteiger partial charge in [0.15, 0.2) is 0 Å². The quantitative estimate of drug-likeness (QED) is 0.875. The third-order valence-electron chi connectivity index (χ3n) is 4.66. The van der Waals surface area contributed by atoms with Gasteiger partial charge in [-0.25, -0.2) is 4.79 Å². The number of hydrogen-bond acceptors (Lipinski definition) is 3. The third-order valence-corrected chi connectivity index (χ3v) is 4.66. The van der Waals surface area contributed by atoms with Gasteiger partial charge < -0.3 is 15.0 Å². The highest BCUT2D eigenvalue weighted by Gasteiger charge is 2.30. The van der Waals surface area contributed by atoms with Crippen molar-refractivity contribution in [2.45, 2.75) is 65.0 Å². The minimum Gasteiger partial charge on any atom is -0.385 e. The van der Waals surface area contributed by atoms with Crippen molar-refractivity contribution < 1.29 is 9.53 Å². The summed E-state index contributed by atoms with van der Waals surface area (Å²) in [6, 6.07) is 0.254. The highest BCUT2D eigenvalue weighted by molar-refractivity contribution is 5.75. The van der Waals surface area contributed by atoms with Gasteiger partial charge in [0.2, 0.25) is 0 Å². The zero-order valence-electron chi connectivity index (χ0n) is 14.8. The van der Waals surface area contributed by atoms with Gasteiger partial charge in [0.25, 0.3) is 0 Å². The molecule has 0 saturated carbocycles. The number of likely N-dealkylation sites (tertiary alicyclic amines) is 1. The van der Waals surface area contributed by atoms with Crippen molar-refractivity contribution in [3.8, 4) is 0 Å². The number of aromatic amines is 1. The number of rotatable bonds is 5. The fourth-order valence-corrected chi connectivity index (χ4v) is 3.36. The topological polar surface area (TPSA) is 70.2 Å². The summed E-state index contributed by atoms with van der Waals surface area (Å²) in [5.74, 6) is 0. The van der Waals surface area contributed by atoms with Crippen LogP contribution in [0.4, 0.5) is 4.79 Å². The van der Waals surface area contributed by atoms with Gasteiger partial charge in [-0.15, -0.1) is 0 Å². The van der Waals surface area contributed by atoms with Gasteiger partial charge in [-0.2, -0.15) is 5.10 Å². The fourth-order valence-electron chi connectivity index (χ4n) is 3.36. The third kappa shape index (κ3) is 4.47. The average molecular weight is 322 g/mol. The highest BCUT2D eigenvalue weighted by Crippen LogP contribution is 2.33. The number of aromatic nitrogens is 2. The minimum absolute atomic E-state index is 0.0282. The van der Waals surface area contributed by atoms with Gasteiger partial charge in [-0.05, 0) is 40.0 Å². The van der Waals surface area contributed by atoms with Crippen LogP contribution in [0.25, 0.3) is 0 Å². The van der Waals surface area contributed by atoms with Gasteiger partial charge in [-0.1, -0.05) is 12.8 Å². The second-order valence-corrected chi connectivity index (χ2v) is 6.54. The predicted molar refractivity (Wildman–Crippen MR) is 90.5 cm³/mol. The molecule has 2 heterocycles. The Bertz CT molecular complexity index is 495. The highest BCUT2D eigenvalue weighted by atomic mass is 16.5. The first-order valence-corrected chi connectivity index (χ1v) is 8.62. The Morgan fingerprint density at radius 3 is 2.87 bits per heavy atom. The van der Waals surface area contributed by atoms with Crippen LogP contribution in [0.3, 0.4) is 0 Å². The number of H-pyrrole nitrogens is 1. The Hall–Kier alpha value is -1.56. The van der Waals surface area contributed by atoms with Crippen LogP contribution in [0.5, 0.6) is 0 Å². The van der Waals surface area contributed by atoms with Crippen LogP contribution in [0, 0.1) is 13.8 Å². The van der Waals surface area contributed by atoms with Crippen LogP contribution in [0.15, 0.2) is 0 Å². The average Bonchev–Trinajstić information content (AvgIpc) is 2.73. The number of urea groups is 1. The van der Waals surface area contributed by atoms with E-state index in [1.54, 1.807) is 7.11 Å². The normalized spacial score (nSPS) is 20.2.